The maximum absolute atomic E-state index is 4.36. The molecular weight excluding hydrogens is 212 g/mol. The molecular formula is C13H18N4. The predicted molar refractivity (Wildman–Crippen MR) is 67.7 cm³/mol. The van der Waals surface area contributed by atoms with Gasteiger partial charge in [-0.1, -0.05) is 12.8 Å². The fourth-order valence-electron chi connectivity index (χ4n) is 2.61. The van der Waals surface area contributed by atoms with Crippen molar-refractivity contribution in [3.8, 4) is 0 Å². The van der Waals surface area contributed by atoms with E-state index in [1.54, 1.807) is 0 Å². The van der Waals surface area contributed by atoms with Crippen LogP contribution in [0.5, 0.6) is 0 Å². The number of nitrogens with one attached hydrogen (secondary N) is 2. The van der Waals surface area contributed by atoms with Gasteiger partial charge in [-0.05, 0) is 31.4 Å². The van der Waals surface area contributed by atoms with Crippen molar-refractivity contribution in [2.24, 2.45) is 0 Å². The van der Waals surface area contributed by atoms with Crippen LogP contribution in [0.1, 0.15) is 37.1 Å². The maximum atomic E-state index is 4.36. The third kappa shape index (κ3) is 2.17. The monoisotopic (exact) mass is 230 g/mol. The minimum atomic E-state index is 0.697. The highest BCUT2D eigenvalue weighted by molar-refractivity contribution is 5.74. The Morgan fingerprint density at radius 1 is 1.41 bits per heavy atom. The lowest BCUT2D eigenvalue weighted by atomic mass is 10.2. The predicted octanol–water partition coefficient (Wildman–Crippen LogP) is 2.30. The lowest BCUT2D eigenvalue weighted by Gasteiger charge is -2.11. The first-order valence-corrected chi connectivity index (χ1v) is 6.36. The Hall–Kier alpha value is -1.42. The number of hydrogen-bond acceptors (Lipinski definition) is 3. The van der Waals surface area contributed by atoms with Crippen LogP contribution in [-0.2, 0) is 6.54 Å². The van der Waals surface area contributed by atoms with Gasteiger partial charge in [0.1, 0.15) is 5.82 Å². The molecule has 0 saturated heterocycles. The number of aromatic amines is 1. The third-order valence-electron chi connectivity index (χ3n) is 3.53. The summed E-state index contributed by atoms with van der Waals surface area (Å²) >= 11 is 0. The summed E-state index contributed by atoms with van der Waals surface area (Å²) in [6, 6.07) is 2.77. The molecule has 0 unspecified atom stereocenters. The molecule has 2 aromatic heterocycles. The van der Waals surface area contributed by atoms with Crippen LogP contribution < -0.4 is 5.32 Å². The quantitative estimate of drug-likeness (QED) is 0.850. The van der Waals surface area contributed by atoms with E-state index >= 15 is 0 Å². The number of aromatic nitrogens is 3. The molecule has 2 N–H and O–H groups in total. The van der Waals surface area contributed by atoms with Gasteiger partial charge in [-0.15, -0.1) is 0 Å². The van der Waals surface area contributed by atoms with Crippen LogP contribution in [0, 0.1) is 6.92 Å². The Balaban J connectivity index is 1.79. The molecule has 2 heterocycles. The number of rotatable bonds is 3. The van der Waals surface area contributed by atoms with Gasteiger partial charge in [0.15, 0.2) is 5.65 Å². The van der Waals surface area contributed by atoms with E-state index in [-0.39, 0.29) is 0 Å². The summed E-state index contributed by atoms with van der Waals surface area (Å²) in [6.45, 7) is 2.88. The van der Waals surface area contributed by atoms with Gasteiger partial charge in [0.2, 0.25) is 0 Å². The Morgan fingerprint density at radius 2 is 2.24 bits per heavy atom. The van der Waals surface area contributed by atoms with Crippen LogP contribution >= 0.6 is 0 Å². The van der Waals surface area contributed by atoms with Gasteiger partial charge in [0, 0.05) is 18.8 Å². The van der Waals surface area contributed by atoms with E-state index in [1.165, 1.54) is 31.2 Å². The van der Waals surface area contributed by atoms with Crippen LogP contribution in [0.25, 0.3) is 11.2 Å². The smallest absolute Gasteiger partial charge is 0.177 e. The summed E-state index contributed by atoms with van der Waals surface area (Å²) in [5, 5.41) is 3.62. The molecule has 0 radical (unpaired) electrons. The number of imidazole rings is 1. The number of H-pyrrole nitrogens is 1. The zero-order valence-electron chi connectivity index (χ0n) is 10.2. The minimum absolute atomic E-state index is 0.697. The van der Waals surface area contributed by atoms with Crippen molar-refractivity contribution < 1.29 is 0 Å². The number of fused-ring (bicyclic) bond motifs is 1. The summed E-state index contributed by atoms with van der Waals surface area (Å²) in [4.78, 5) is 11.9. The van der Waals surface area contributed by atoms with Crippen LogP contribution in [0.4, 0.5) is 0 Å². The second-order valence-corrected chi connectivity index (χ2v) is 4.85. The first-order valence-electron chi connectivity index (χ1n) is 6.36. The van der Waals surface area contributed by atoms with Crippen LogP contribution in [0.2, 0.25) is 0 Å². The van der Waals surface area contributed by atoms with Gasteiger partial charge >= 0.3 is 0 Å². The summed E-state index contributed by atoms with van der Waals surface area (Å²) in [6.07, 6.45) is 7.21. The fraction of sp³-hybridized carbons (Fsp3) is 0.538. The molecule has 2 aromatic rings. The normalized spacial score (nSPS) is 17.0. The standard InChI is InChI=1S/C13H18N4/c1-9-16-12-10(6-7-14-13(12)17-9)8-15-11-4-2-3-5-11/h6-7,11,15H,2-5,8H2,1H3,(H,14,16,17). The molecule has 17 heavy (non-hydrogen) atoms. The molecule has 1 aliphatic carbocycles. The first kappa shape index (κ1) is 10.7. The van der Waals surface area contributed by atoms with E-state index in [0.29, 0.717) is 6.04 Å². The Kier molecular flexibility index (Phi) is 2.81. The Bertz CT molecular complexity index is 511. The van der Waals surface area contributed by atoms with Gasteiger partial charge < -0.3 is 10.3 Å². The SMILES string of the molecule is Cc1nc2nccc(CNC3CCCC3)c2[nH]1. The molecule has 0 aliphatic heterocycles. The third-order valence-corrected chi connectivity index (χ3v) is 3.53. The van der Waals surface area contributed by atoms with E-state index in [0.717, 1.165) is 23.5 Å². The number of pyridine rings is 1. The highest BCUT2D eigenvalue weighted by Crippen LogP contribution is 2.19. The van der Waals surface area contributed by atoms with Crippen molar-refractivity contribution in [3.63, 3.8) is 0 Å². The summed E-state index contributed by atoms with van der Waals surface area (Å²) in [7, 11) is 0. The van der Waals surface area contributed by atoms with Crippen LogP contribution in [0.3, 0.4) is 0 Å². The lowest BCUT2D eigenvalue weighted by Crippen LogP contribution is -2.25. The molecule has 0 amide bonds. The number of hydrogen-bond donors (Lipinski definition) is 2. The molecule has 1 aliphatic rings. The second kappa shape index (κ2) is 4.45. The topological polar surface area (TPSA) is 53.6 Å². The van der Waals surface area contributed by atoms with Crippen LogP contribution in [0.15, 0.2) is 12.3 Å². The van der Waals surface area contributed by atoms with E-state index in [2.05, 4.69) is 26.3 Å². The molecule has 0 aromatic carbocycles. The van der Waals surface area contributed by atoms with Gasteiger partial charge in [0.05, 0.1) is 5.52 Å². The largest absolute Gasteiger partial charge is 0.341 e. The first-order chi connectivity index (χ1) is 8.33. The Morgan fingerprint density at radius 3 is 3.06 bits per heavy atom. The summed E-state index contributed by atoms with van der Waals surface area (Å²) in [5.41, 5.74) is 3.17. The molecule has 1 saturated carbocycles. The minimum Gasteiger partial charge on any atom is -0.341 e. The van der Waals surface area contributed by atoms with Gasteiger partial charge in [0.25, 0.3) is 0 Å². The van der Waals surface area contributed by atoms with E-state index in [4.69, 9.17) is 0 Å². The zero-order chi connectivity index (χ0) is 11.7. The number of aryl methyl sites for hydroxylation is 1. The van der Waals surface area contributed by atoms with Crippen molar-refractivity contribution in [2.75, 3.05) is 0 Å². The van der Waals surface area contributed by atoms with E-state index in [9.17, 15) is 0 Å². The molecule has 3 rings (SSSR count). The van der Waals surface area contributed by atoms with Crippen molar-refractivity contribution >= 4 is 11.2 Å². The van der Waals surface area contributed by atoms with Gasteiger partial charge in [-0.3, -0.25) is 0 Å². The maximum Gasteiger partial charge on any atom is 0.177 e. The summed E-state index contributed by atoms with van der Waals surface area (Å²) in [5.74, 6) is 0.931. The van der Waals surface area contributed by atoms with Crippen molar-refractivity contribution in [2.45, 2.75) is 45.2 Å². The molecule has 0 bridgehead atoms. The average molecular weight is 230 g/mol. The highest BCUT2D eigenvalue weighted by Gasteiger charge is 2.14. The van der Waals surface area contributed by atoms with E-state index < -0.39 is 0 Å². The molecule has 0 atom stereocenters. The zero-order valence-corrected chi connectivity index (χ0v) is 10.2. The fourth-order valence-corrected chi connectivity index (χ4v) is 2.61. The van der Waals surface area contributed by atoms with Gasteiger partial charge in [-0.25, -0.2) is 9.97 Å². The van der Waals surface area contributed by atoms with Crippen molar-refractivity contribution in [1.82, 2.24) is 20.3 Å². The summed E-state index contributed by atoms with van der Waals surface area (Å²) < 4.78 is 0. The van der Waals surface area contributed by atoms with E-state index in [1.807, 2.05) is 13.1 Å². The molecule has 4 nitrogen and oxygen atoms in total. The Labute approximate surface area is 101 Å². The average Bonchev–Trinajstić information content (AvgIpc) is 2.93. The molecule has 90 valence electrons. The van der Waals surface area contributed by atoms with Crippen molar-refractivity contribution in [1.29, 1.82) is 0 Å². The second-order valence-electron chi connectivity index (χ2n) is 4.85. The number of nitrogens with zero attached hydrogens (tertiary/aromatic N) is 2. The van der Waals surface area contributed by atoms with Crippen LogP contribution in [-0.4, -0.2) is 21.0 Å². The molecule has 1 fully saturated rings. The molecule has 4 heteroatoms. The molecule has 0 spiro atoms. The van der Waals surface area contributed by atoms with Crippen molar-refractivity contribution in [3.05, 3.63) is 23.7 Å². The highest BCUT2D eigenvalue weighted by atomic mass is 15.0. The van der Waals surface area contributed by atoms with Gasteiger partial charge in [-0.2, -0.15) is 0 Å². The lowest BCUT2D eigenvalue weighted by molar-refractivity contribution is 0.525.